The number of hydrogen-bond acceptors (Lipinski definition) is 7. The summed E-state index contributed by atoms with van der Waals surface area (Å²) in [6.07, 6.45) is -1.82. The predicted octanol–water partition coefficient (Wildman–Crippen LogP) is 3.51. The van der Waals surface area contributed by atoms with Crippen LogP contribution in [-0.4, -0.2) is 36.0 Å². The quantitative estimate of drug-likeness (QED) is 0.331. The summed E-state index contributed by atoms with van der Waals surface area (Å²) >= 11 is 5.21. The number of halogens is 1. The van der Waals surface area contributed by atoms with Gasteiger partial charge in [-0.05, 0) is 35.9 Å². The molecule has 0 N–H and O–H groups in total. The molecule has 0 bridgehead atoms. The van der Waals surface area contributed by atoms with Crippen LogP contribution in [0.4, 0.5) is 0 Å². The van der Waals surface area contributed by atoms with Gasteiger partial charge in [-0.1, -0.05) is 36.4 Å². The van der Waals surface area contributed by atoms with Gasteiger partial charge in [0.05, 0.1) is 30.6 Å². The van der Waals surface area contributed by atoms with E-state index in [1.807, 2.05) is 0 Å². The van der Waals surface area contributed by atoms with Gasteiger partial charge in [0.2, 0.25) is 5.24 Å². The minimum Gasteiger partial charge on any atom is -0.462 e. The van der Waals surface area contributed by atoms with Gasteiger partial charge in [0.1, 0.15) is 0 Å². The van der Waals surface area contributed by atoms with Gasteiger partial charge in [-0.2, -0.15) is 0 Å². The monoisotopic (exact) mass is 418 g/mol. The Hall–Kier alpha value is -3.19. The zero-order valence-electron chi connectivity index (χ0n) is 15.4. The van der Waals surface area contributed by atoms with E-state index in [0.717, 1.165) is 0 Å². The third-order valence-electron chi connectivity index (χ3n) is 3.63. The van der Waals surface area contributed by atoms with Crippen molar-refractivity contribution in [1.29, 1.82) is 0 Å². The van der Waals surface area contributed by atoms with Gasteiger partial charge in [-0.25, -0.2) is 9.59 Å². The van der Waals surface area contributed by atoms with Gasteiger partial charge in [0.15, 0.2) is 0 Å². The minimum absolute atomic E-state index is 0.0717. The van der Waals surface area contributed by atoms with Crippen molar-refractivity contribution in [2.75, 3.05) is 6.61 Å². The highest BCUT2D eigenvalue weighted by Gasteiger charge is 2.21. The number of rotatable bonds is 10. The Bertz CT molecular complexity index is 837. The maximum Gasteiger partial charge on any atom is 0.341 e. The van der Waals surface area contributed by atoms with E-state index in [1.54, 1.807) is 60.7 Å². The maximum absolute atomic E-state index is 12.2. The normalized spacial score (nSPS) is 11.2. The van der Waals surface area contributed by atoms with E-state index in [0.29, 0.717) is 5.56 Å². The highest BCUT2D eigenvalue weighted by Crippen LogP contribution is 2.11. The molecule has 0 aliphatic heterocycles. The lowest BCUT2D eigenvalue weighted by atomic mass is 10.2. The van der Waals surface area contributed by atoms with Crippen molar-refractivity contribution in [2.45, 2.75) is 25.6 Å². The zero-order valence-corrected chi connectivity index (χ0v) is 16.2. The van der Waals surface area contributed by atoms with E-state index in [-0.39, 0.29) is 31.4 Å². The number of esters is 3. The number of carbonyl (C=O) groups excluding carboxylic acids is 4. The van der Waals surface area contributed by atoms with Gasteiger partial charge in [-0.15, -0.1) is 0 Å². The van der Waals surface area contributed by atoms with Crippen LogP contribution in [0.2, 0.25) is 0 Å². The molecule has 1 atom stereocenters. The highest BCUT2D eigenvalue weighted by molar-refractivity contribution is 6.63. The van der Waals surface area contributed by atoms with Crippen molar-refractivity contribution >= 4 is 34.8 Å². The van der Waals surface area contributed by atoms with Crippen LogP contribution in [0.25, 0.3) is 0 Å². The molecule has 2 rings (SSSR count). The van der Waals surface area contributed by atoms with Crippen LogP contribution in [0.15, 0.2) is 60.7 Å². The van der Waals surface area contributed by atoms with Gasteiger partial charge in [0, 0.05) is 6.42 Å². The predicted molar refractivity (Wildman–Crippen MR) is 103 cm³/mol. The molecule has 0 radical (unpaired) electrons. The van der Waals surface area contributed by atoms with Gasteiger partial charge >= 0.3 is 17.9 Å². The smallest absolute Gasteiger partial charge is 0.341 e. The van der Waals surface area contributed by atoms with Crippen LogP contribution in [0.3, 0.4) is 0 Å². The van der Waals surface area contributed by atoms with Crippen molar-refractivity contribution in [3.63, 3.8) is 0 Å². The van der Waals surface area contributed by atoms with E-state index in [4.69, 9.17) is 25.8 Å². The zero-order chi connectivity index (χ0) is 21.1. The van der Waals surface area contributed by atoms with Crippen LogP contribution in [0.1, 0.15) is 40.0 Å². The molecular weight excluding hydrogens is 400 g/mol. The molecule has 2 aromatic rings. The molecule has 2 aromatic carbocycles. The number of ether oxygens (including phenoxy) is 3. The van der Waals surface area contributed by atoms with Crippen molar-refractivity contribution in [2.24, 2.45) is 0 Å². The Kier molecular flexibility index (Phi) is 8.85. The van der Waals surface area contributed by atoms with E-state index in [9.17, 15) is 19.2 Å². The first-order chi connectivity index (χ1) is 14.0. The van der Waals surface area contributed by atoms with Gasteiger partial charge < -0.3 is 14.2 Å². The molecule has 0 aliphatic rings. The average Bonchev–Trinajstić information content (AvgIpc) is 2.73. The fraction of sp³-hybridized carbons (Fsp3) is 0.238. The number of benzene rings is 2. The largest absolute Gasteiger partial charge is 0.462 e. The highest BCUT2D eigenvalue weighted by atomic mass is 35.5. The second-order valence-electron chi connectivity index (χ2n) is 5.84. The Balaban J connectivity index is 1.93. The third kappa shape index (κ3) is 8.15. The van der Waals surface area contributed by atoms with E-state index >= 15 is 0 Å². The lowest BCUT2D eigenvalue weighted by Gasteiger charge is -2.18. The molecule has 0 spiro atoms. The van der Waals surface area contributed by atoms with Crippen molar-refractivity contribution in [3.8, 4) is 0 Å². The first kappa shape index (κ1) is 22.1. The Morgan fingerprint density at radius 3 is 1.86 bits per heavy atom. The molecule has 0 fully saturated rings. The van der Waals surface area contributed by atoms with Crippen molar-refractivity contribution in [1.82, 2.24) is 0 Å². The standard InChI is InChI=1S/C21H19ClO7/c22-17(23)11-12-18(24)28-19(29-21(26)16-9-5-2-6-10-16)13-14-27-20(25)15-7-3-1-4-8-15/h1-10,19H,11-14H2. The molecular formula is C21H19ClO7. The molecule has 0 heterocycles. The van der Waals surface area contributed by atoms with Crippen molar-refractivity contribution < 1.29 is 33.4 Å². The summed E-state index contributed by atoms with van der Waals surface area (Å²) in [7, 11) is 0. The minimum atomic E-state index is -1.29. The molecule has 0 saturated heterocycles. The van der Waals surface area contributed by atoms with Crippen LogP contribution >= 0.6 is 11.6 Å². The van der Waals surface area contributed by atoms with Crippen LogP contribution in [-0.2, 0) is 23.8 Å². The number of hydrogen-bond donors (Lipinski definition) is 0. The van der Waals surface area contributed by atoms with E-state index < -0.39 is 29.4 Å². The first-order valence-corrected chi connectivity index (χ1v) is 9.19. The van der Waals surface area contributed by atoms with Crippen LogP contribution in [0, 0.1) is 0 Å². The van der Waals surface area contributed by atoms with Gasteiger partial charge in [0.25, 0.3) is 6.29 Å². The van der Waals surface area contributed by atoms with E-state index in [1.165, 1.54) is 0 Å². The fourth-order valence-corrected chi connectivity index (χ4v) is 2.31. The van der Waals surface area contributed by atoms with Crippen LogP contribution < -0.4 is 0 Å². The first-order valence-electron chi connectivity index (χ1n) is 8.81. The molecule has 7 nitrogen and oxygen atoms in total. The molecule has 0 aliphatic carbocycles. The molecule has 0 amide bonds. The summed E-state index contributed by atoms with van der Waals surface area (Å²) in [6, 6.07) is 16.5. The Labute approximate surface area is 172 Å². The van der Waals surface area contributed by atoms with Crippen molar-refractivity contribution in [3.05, 3.63) is 71.8 Å². The van der Waals surface area contributed by atoms with Gasteiger partial charge in [-0.3, -0.25) is 9.59 Å². The molecule has 152 valence electrons. The lowest BCUT2D eigenvalue weighted by Crippen LogP contribution is -2.27. The fourth-order valence-electron chi connectivity index (χ4n) is 2.21. The summed E-state index contributed by atoms with van der Waals surface area (Å²) in [5.74, 6) is -2.02. The lowest BCUT2D eigenvalue weighted by molar-refractivity contribution is -0.170. The second-order valence-corrected chi connectivity index (χ2v) is 6.26. The van der Waals surface area contributed by atoms with E-state index in [2.05, 4.69) is 0 Å². The Morgan fingerprint density at radius 1 is 0.759 bits per heavy atom. The SMILES string of the molecule is O=C(Cl)CCC(=O)OC(CCOC(=O)c1ccccc1)OC(=O)c1ccccc1. The Morgan fingerprint density at radius 2 is 1.31 bits per heavy atom. The molecule has 1 unspecified atom stereocenters. The molecule has 29 heavy (non-hydrogen) atoms. The summed E-state index contributed by atoms with van der Waals surface area (Å²) in [6.45, 7) is -0.151. The molecule has 8 heteroatoms. The second kappa shape index (κ2) is 11.6. The summed E-state index contributed by atoms with van der Waals surface area (Å²) in [5.41, 5.74) is 0.633. The maximum atomic E-state index is 12.2. The number of carbonyl (C=O) groups is 4. The van der Waals surface area contributed by atoms with Crippen LogP contribution in [0.5, 0.6) is 0 Å². The third-order valence-corrected chi connectivity index (χ3v) is 3.82. The summed E-state index contributed by atoms with van der Waals surface area (Å²) < 4.78 is 15.4. The molecule has 0 aromatic heterocycles. The topological polar surface area (TPSA) is 96.0 Å². The summed E-state index contributed by atoms with van der Waals surface area (Å²) in [4.78, 5) is 46.9. The average molecular weight is 419 g/mol. The summed E-state index contributed by atoms with van der Waals surface area (Å²) in [5, 5.41) is -0.684. The molecule has 0 saturated carbocycles.